The van der Waals surface area contributed by atoms with Crippen LogP contribution in [0.4, 0.5) is 5.82 Å². The van der Waals surface area contributed by atoms with Gasteiger partial charge in [0.15, 0.2) is 5.65 Å². The summed E-state index contributed by atoms with van der Waals surface area (Å²) in [6.45, 7) is 4.31. The van der Waals surface area contributed by atoms with Gasteiger partial charge in [0, 0.05) is 35.9 Å². The molecule has 1 aromatic carbocycles. The highest BCUT2D eigenvalue weighted by Crippen LogP contribution is 2.28. The fourth-order valence-corrected chi connectivity index (χ4v) is 5.14. The first-order valence-electron chi connectivity index (χ1n) is 10.7. The average Bonchev–Trinajstić information content (AvgIpc) is 3.43. The maximum Gasteiger partial charge on any atom is 0.151 e. The van der Waals surface area contributed by atoms with Gasteiger partial charge in [-0.1, -0.05) is 29.8 Å². The molecule has 0 bridgehead atoms. The molecule has 31 heavy (non-hydrogen) atoms. The number of thiophene rings is 1. The predicted octanol–water partition coefficient (Wildman–Crippen LogP) is 3.69. The monoisotopic (exact) mass is 449 g/mol. The highest BCUT2D eigenvalue weighted by Gasteiger charge is 2.20. The first kappa shape index (κ1) is 20.6. The van der Waals surface area contributed by atoms with E-state index in [1.54, 1.807) is 11.3 Å². The van der Waals surface area contributed by atoms with Crippen molar-refractivity contribution in [1.29, 1.82) is 0 Å². The highest BCUT2D eigenvalue weighted by atomic mass is 35.5. The van der Waals surface area contributed by atoms with Gasteiger partial charge in [-0.05, 0) is 65.8 Å². The molecule has 4 aromatic rings. The van der Waals surface area contributed by atoms with E-state index in [1.807, 2.05) is 42.8 Å². The zero-order valence-electron chi connectivity index (χ0n) is 17.6. The fraction of sp³-hybridized carbons (Fsp3) is 0.304. The molecule has 0 atom stereocenters. The molecule has 0 unspecified atom stereocenters. The Balaban J connectivity index is 1.30. The second-order valence-corrected chi connectivity index (χ2v) is 9.49. The molecule has 1 fully saturated rings. The third-order valence-corrected chi connectivity index (χ3v) is 7.12. The standard InChI is InChI=1S/C23H25BClN5S/c24-19-13-27-30-22(11-21(28-23(19)30)18-3-1-2-4-20(18)25)26-12-16-5-8-29(9-6-16)14-17-7-10-31-15-17/h1-4,7,10-11,13,15-16,26H,5-6,8-9,12,14,24H2. The molecule has 4 heterocycles. The van der Waals surface area contributed by atoms with Crippen molar-refractivity contribution in [3.63, 3.8) is 0 Å². The summed E-state index contributed by atoms with van der Waals surface area (Å²) in [6.07, 6.45) is 4.29. The molecule has 3 aromatic heterocycles. The molecular weight excluding hydrogens is 425 g/mol. The number of benzene rings is 1. The van der Waals surface area contributed by atoms with Crippen molar-refractivity contribution < 1.29 is 0 Å². The van der Waals surface area contributed by atoms with Crippen LogP contribution in [0.2, 0.25) is 5.02 Å². The molecule has 5 nitrogen and oxygen atoms in total. The van der Waals surface area contributed by atoms with Crippen molar-refractivity contribution in [1.82, 2.24) is 19.5 Å². The number of anilines is 1. The number of nitrogens with zero attached hydrogens (tertiary/aromatic N) is 4. The summed E-state index contributed by atoms with van der Waals surface area (Å²) >= 11 is 8.23. The maximum atomic E-state index is 6.45. The van der Waals surface area contributed by atoms with Gasteiger partial charge in [0.25, 0.3) is 0 Å². The van der Waals surface area contributed by atoms with Gasteiger partial charge >= 0.3 is 0 Å². The Hall–Kier alpha value is -2.35. The van der Waals surface area contributed by atoms with Crippen molar-refractivity contribution in [3.8, 4) is 11.3 Å². The molecular formula is C23H25BClN5S. The van der Waals surface area contributed by atoms with E-state index >= 15 is 0 Å². The number of hydrogen-bond acceptors (Lipinski definition) is 5. The van der Waals surface area contributed by atoms with Crippen molar-refractivity contribution in [2.24, 2.45) is 5.92 Å². The minimum absolute atomic E-state index is 0.655. The van der Waals surface area contributed by atoms with Crippen molar-refractivity contribution in [3.05, 3.63) is 63.9 Å². The summed E-state index contributed by atoms with van der Waals surface area (Å²) in [5.41, 5.74) is 5.16. The Morgan fingerprint density at radius 3 is 2.81 bits per heavy atom. The fourth-order valence-electron chi connectivity index (χ4n) is 4.24. The molecule has 0 spiro atoms. The number of halogens is 1. The van der Waals surface area contributed by atoms with E-state index < -0.39 is 0 Å². The van der Waals surface area contributed by atoms with Crippen molar-refractivity contribution in [2.75, 3.05) is 25.0 Å². The maximum absolute atomic E-state index is 6.45. The second kappa shape index (κ2) is 9.03. The van der Waals surface area contributed by atoms with Gasteiger partial charge in [-0.25, -0.2) is 4.98 Å². The van der Waals surface area contributed by atoms with Crippen LogP contribution in [0.5, 0.6) is 0 Å². The molecule has 0 saturated carbocycles. The average molecular weight is 450 g/mol. The third-order valence-electron chi connectivity index (χ3n) is 6.06. The van der Waals surface area contributed by atoms with Crippen LogP contribution in [0.15, 0.2) is 53.4 Å². The van der Waals surface area contributed by atoms with E-state index in [-0.39, 0.29) is 0 Å². The first-order chi connectivity index (χ1) is 15.2. The number of hydrogen-bond donors (Lipinski definition) is 1. The lowest BCUT2D eigenvalue weighted by Gasteiger charge is -2.32. The van der Waals surface area contributed by atoms with Crippen LogP contribution in [-0.2, 0) is 6.54 Å². The number of likely N-dealkylation sites (tertiary alicyclic amines) is 1. The molecule has 8 heteroatoms. The minimum Gasteiger partial charge on any atom is -0.370 e. The number of fused-ring (bicyclic) bond motifs is 1. The molecule has 1 aliphatic heterocycles. The number of rotatable bonds is 6. The lowest BCUT2D eigenvalue weighted by molar-refractivity contribution is 0.182. The molecule has 1 N–H and O–H groups in total. The van der Waals surface area contributed by atoms with Gasteiger partial charge in [0.2, 0.25) is 0 Å². The van der Waals surface area contributed by atoms with E-state index in [1.165, 1.54) is 18.4 Å². The molecule has 1 aliphatic rings. The van der Waals surface area contributed by atoms with Crippen LogP contribution < -0.4 is 10.8 Å². The Kier molecular flexibility index (Phi) is 5.98. The van der Waals surface area contributed by atoms with Crippen molar-refractivity contribution in [2.45, 2.75) is 19.4 Å². The van der Waals surface area contributed by atoms with Crippen LogP contribution in [0.1, 0.15) is 18.4 Å². The van der Waals surface area contributed by atoms with Crippen LogP contribution in [0.25, 0.3) is 16.9 Å². The summed E-state index contributed by atoms with van der Waals surface area (Å²) in [5, 5.41) is 13.3. The summed E-state index contributed by atoms with van der Waals surface area (Å²) < 4.78 is 1.90. The predicted molar refractivity (Wildman–Crippen MR) is 132 cm³/mol. The number of nitrogens with one attached hydrogen (secondary N) is 1. The van der Waals surface area contributed by atoms with Crippen LogP contribution in [0, 0.1) is 5.92 Å². The van der Waals surface area contributed by atoms with E-state index in [0.29, 0.717) is 10.9 Å². The topological polar surface area (TPSA) is 45.5 Å². The summed E-state index contributed by atoms with van der Waals surface area (Å²) in [6, 6.07) is 12.1. The molecule has 158 valence electrons. The van der Waals surface area contributed by atoms with Crippen LogP contribution in [0.3, 0.4) is 0 Å². The van der Waals surface area contributed by atoms with Gasteiger partial charge < -0.3 is 5.32 Å². The van der Waals surface area contributed by atoms with Gasteiger partial charge in [-0.2, -0.15) is 21.0 Å². The lowest BCUT2D eigenvalue weighted by Crippen LogP contribution is -2.35. The Morgan fingerprint density at radius 1 is 1.19 bits per heavy atom. The van der Waals surface area contributed by atoms with Crippen LogP contribution >= 0.6 is 22.9 Å². The van der Waals surface area contributed by atoms with E-state index in [9.17, 15) is 0 Å². The van der Waals surface area contributed by atoms with E-state index in [0.717, 1.165) is 54.4 Å². The number of piperidine rings is 1. The number of aromatic nitrogens is 3. The molecule has 0 radical (unpaired) electrons. The van der Waals surface area contributed by atoms with E-state index in [2.05, 4.69) is 38.2 Å². The third kappa shape index (κ3) is 4.49. The molecule has 1 saturated heterocycles. The lowest BCUT2D eigenvalue weighted by atomic mass is 9.96. The largest absolute Gasteiger partial charge is 0.370 e. The van der Waals surface area contributed by atoms with Crippen LogP contribution in [-0.4, -0.2) is 47.0 Å². The Bertz CT molecular complexity index is 1170. The van der Waals surface area contributed by atoms with Gasteiger partial charge in [0.05, 0.1) is 5.69 Å². The van der Waals surface area contributed by atoms with Gasteiger partial charge in [0.1, 0.15) is 13.7 Å². The smallest absolute Gasteiger partial charge is 0.151 e. The zero-order chi connectivity index (χ0) is 21.2. The van der Waals surface area contributed by atoms with Gasteiger partial charge in [-0.3, -0.25) is 4.90 Å². The highest BCUT2D eigenvalue weighted by molar-refractivity contribution is 7.07. The Labute approximate surface area is 192 Å². The minimum atomic E-state index is 0.655. The Morgan fingerprint density at radius 2 is 2.03 bits per heavy atom. The molecule has 0 amide bonds. The zero-order valence-corrected chi connectivity index (χ0v) is 19.2. The summed E-state index contributed by atoms with van der Waals surface area (Å²) in [4.78, 5) is 7.40. The van der Waals surface area contributed by atoms with Gasteiger partial charge in [-0.15, -0.1) is 0 Å². The second-order valence-electron chi connectivity index (χ2n) is 8.30. The van der Waals surface area contributed by atoms with Crippen molar-refractivity contribution >= 4 is 47.7 Å². The molecule has 0 aliphatic carbocycles. The summed E-state index contributed by atoms with van der Waals surface area (Å²) in [5.74, 6) is 1.62. The normalized spacial score (nSPS) is 15.5. The SMILES string of the molecule is Bc1cnn2c(NCC3CCN(Cc4ccsc4)CC3)cc(-c3ccccc3Cl)nc12. The quantitative estimate of drug-likeness (QED) is 0.456. The first-order valence-corrected chi connectivity index (χ1v) is 12.1. The summed E-state index contributed by atoms with van der Waals surface area (Å²) in [7, 11) is 2.04. The molecule has 5 rings (SSSR count). The van der Waals surface area contributed by atoms with E-state index in [4.69, 9.17) is 16.6 Å².